The Hall–Kier alpha value is -1.13. The lowest BCUT2D eigenvalue weighted by molar-refractivity contribution is -0.116. The number of nitrogens with one attached hydrogen (secondary N) is 2. The van der Waals surface area contributed by atoms with Gasteiger partial charge in [-0.25, -0.2) is 4.98 Å². The van der Waals surface area contributed by atoms with E-state index in [2.05, 4.69) is 15.6 Å². The normalized spacial score (nSPS) is 16.5. The fraction of sp³-hybridized carbons (Fsp3) is 0.538. The van der Waals surface area contributed by atoms with Crippen molar-refractivity contribution in [3.63, 3.8) is 0 Å². The predicted octanol–water partition coefficient (Wildman–Crippen LogP) is 2.45. The summed E-state index contributed by atoms with van der Waals surface area (Å²) in [6.07, 6.45) is 5.47. The molecule has 2 heterocycles. The molecule has 1 aromatic heterocycles. The zero-order valence-corrected chi connectivity index (χ0v) is 11.0. The van der Waals surface area contributed by atoms with Crippen LogP contribution in [0.25, 0.3) is 0 Å². The van der Waals surface area contributed by atoms with Crippen molar-refractivity contribution in [2.45, 2.75) is 25.7 Å². The molecule has 0 saturated carbocycles. The van der Waals surface area contributed by atoms with Gasteiger partial charge in [0.05, 0.1) is 11.9 Å². The summed E-state index contributed by atoms with van der Waals surface area (Å²) < 4.78 is 0. The molecule has 0 aromatic carbocycles. The van der Waals surface area contributed by atoms with Crippen LogP contribution in [-0.4, -0.2) is 24.0 Å². The molecule has 0 radical (unpaired) electrons. The molecule has 0 aliphatic carbocycles. The molecule has 1 aliphatic heterocycles. The van der Waals surface area contributed by atoms with E-state index in [-0.39, 0.29) is 5.91 Å². The Morgan fingerprint density at radius 2 is 2.22 bits per heavy atom. The van der Waals surface area contributed by atoms with Crippen molar-refractivity contribution in [3.05, 3.63) is 23.5 Å². The predicted molar refractivity (Wildman–Crippen MR) is 72.7 cm³/mol. The van der Waals surface area contributed by atoms with Gasteiger partial charge in [0.1, 0.15) is 5.15 Å². The lowest BCUT2D eigenvalue weighted by atomic mass is 9.93. The minimum Gasteiger partial charge on any atom is -0.325 e. The fourth-order valence-electron chi connectivity index (χ4n) is 2.18. The van der Waals surface area contributed by atoms with Crippen molar-refractivity contribution in [1.82, 2.24) is 10.3 Å². The molecule has 2 rings (SSSR count). The van der Waals surface area contributed by atoms with Gasteiger partial charge in [-0.2, -0.15) is 0 Å². The summed E-state index contributed by atoms with van der Waals surface area (Å²) in [4.78, 5) is 15.7. The smallest absolute Gasteiger partial charge is 0.224 e. The molecule has 4 nitrogen and oxygen atoms in total. The van der Waals surface area contributed by atoms with Gasteiger partial charge < -0.3 is 10.6 Å². The van der Waals surface area contributed by atoms with Gasteiger partial charge in [0, 0.05) is 6.42 Å². The number of halogens is 1. The lowest BCUT2D eigenvalue weighted by Crippen LogP contribution is -2.28. The number of nitrogens with zero attached hydrogens (tertiary/aromatic N) is 1. The van der Waals surface area contributed by atoms with E-state index in [9.17, 15) is 4.79 Å². The summed E-state index contributed by atoms with van der Waals surface area (Å²) in [6.45, 7) is 2.15. The summed E-state index contributed by atoms with van der Waals surface area (Å²) in [5.41, 5.74) is 0.703. The maximum atomic E-state index is 11.8. The number of aromatic nitrogens is 1. The SMILES string of the molecule is O=C(CCC1CCNCC1)Nc1ccc(Cl)nc1. The first-order valence-electron chi connectivity index (χ1n) is 6.36. The summed E-state index contributed by atoms with van der Waals surface area (Å²) in [5.74, 6) is 0.734. The lowest BCUT2D eigenvalue weighted by Gasteiger charge is -2.22. The Morgan fingerprint density at radius 1 is 1.44 bits per heavy atom. The van der Waals surface area contributed by atoms with E-state index in [1.54, 1.807) is 18.3 Å². The second-order valence-corrected chi connectivity index (χ2v) is 5.04. The van der Waals surface area contributed by atoms with E-state index in [1.165, 1.54) is 12.8 Å². The van der Waals surface area contributed by atoms with Crippen LogP contribution in [0, 0.1) is 5.92 Å². The van der Waals surface area contributed by atoms with Gasteiger partial charge >= 0.3 is 0 Å². The average molecular weight is 268 g/mol. The van der Waals surface area contributed by atoms with Gasteiger partial charge in [-0.3, -0.25) is 4.79 Å². The van der Waals surface area contributed by atoms with Crippen molar-refractivity contribution in [1.29, 1.82) is 0 Å². The number of rotatable bonds is 4. The third-order valence-electron chi connectivity index (χ3n) is 3.25. The number of carbonyl (C=O) groups is 1. The average Bonchev–Trinajstić information content (AvgIpc) is 2.40. The molecule has 0 unspecified atom stereocenters. The van der Waals surface area contributed by atoms with Gasteiger partial charge in [-0.05, 0) is 50.4 Å². The summed E-state index contributed by atoms with van der Waals surface area (Å²) in [6, 6.07) is 3.43. The molecule has 1 aliphatic rings. The second kappa shape index (κ2) is 6.71. The van der Waals surface area contributed by atoms with Gasteiger partial charge in [0.15, 0.2) is 0 Å². The third-order valence-corrected chi connectivity index (χ3v) is 3.47. The summed E-state index contributed by atoms with van der Waals surface area (Å²) in [5, 5.41) is 6.59. The molecule has 1 saturated heterocycles. The summed E-state index contributed by atoms with van der Waals surface area (Å²) >= 11 is 5.68. The van der Waals surface area contributed by atoms with Crippen LogP contribution in [0.1, 0.15) is 25.7 Å². The molecular formula is C13H18ClN3O. The third kappa shape index (κ3) is 4.27. The number of hydrogen-bond acceptors (Lipinski definition) is 3. The van der Waals surface area contributed by atoms with E-state index in [0.717, 1.165) is 19.5 Å². The zero-order valence-electron chi connectivity index (χ0n) is 10.3. The highest BCUT2D eigenvalue weighted by Crippen LogP contribution is 2.18. The molecule has 1 aromatic rings. The first-order valence-corrected chi connectivity index (χ1v) is 6.74. The molecular weight excluding hydrogens is 250 g/mol. The first kappa shape index (κ1) is 13.3. The molecule has 98 valence electrons. The highest BCUT2D eigenvalue weighted by Gasteiger charge is 2.14. The number of amides is 1. The van der Waals surface area contributed by atoms with E-state index in [0.29, 0.717) is 23.2 Å². The molecule has 1 amide bonds. The van der Waals surface area contributed by atoms with Crippen LogP contribution >= 0.6 is 11.6 Å². The van der Waals surface area contributed by atoms with E-state index < -0.39 is 0 Å². The Bertz CT molecular complexity index is 388. The van der Waals surface area contributed by atoms with Crippen LogP contribution in [-0.2, 0) is 4.79 Å². The van der Waals surface area contributed by atoms with Crippen LogP contribution in [0.4, 0.5) is 5.69 Å². The largest absolute Gasteiger partial charge is 0.325 e. The van der Waals surface area contributed by atoms with Gasteiger partial charge in [-0.1, -0.05) is 11.6 Å². The number of pyridine rings is 1. The van der Waals surface area contributed by atoms with Gasteiger partial charge in [-0.15, -0.1) is 0 Å². The van der Waals surface area contributed by atoms with Gasteiger partial charge in [0.2, 0.25) is 5.91 Å². The standard InChI is InChI=1S/C13H18ClN3O/c14-12-3-2-11(9-16-12)17-13(18)4-1-10-5-7-15-8-6-10/h2-3,9-10,15H,1,4-8H2,(H,17,18). The van der Waals surface area contributed by atoms with E-state index in [4.69, 9.17) is 11.6 Å². The number of anilines is 1. The molecule has 18 heavy (non-hydrogen) atoms. The van der Waals surface area contributed by atoms with Crippen molar-refractivity contribution >= 4 is 23.2 Å². The topological polar surface area (TPSA) is 54.0 Å². The second-order valence-electron chi connectivity index (χ2n) is 4.65. The minimum absolute atomic E-state index is 0.0534. The monoisotopic (exact) mass is 267 g/mol. The molecule has 0 atom stereocenters. The molecule has 1 fully saturated rings. The Labute approximate surface area is 112 Å². The summed E-state index contributed by atoms with van der Waals surface area (Å²) in [7, 11) is 0. The van der Waals surface area contributed by atoms with Crippen molar-refractivity contribution in [2.24, 2.45) is 5.92 Å². The molecule has 0 spiro atoms. The van der Waals surface area contributed by atoms with Crippen LogP contribution in [0.3, 0.4) is 0 Å². The molecule has 2 N–H and O–H groups in total. The van der Waals surface area contributed by atoms with Crippen LogP contribution < -0.4 is 10.6 Å². The Kier molecular flexibility index (Phi) is 4.96. The van der Waals surface area contributed by atoms with Crippen molar-refractivity contribution in [2.75, 3.05) is 18.4 Å². The number of piperidine rings is 1. The quantitative estimate of drug-likeness (QED) is 0.824. The molecule has 5 heteroatoms. The van der Waals surface area contributed by atoms with Crippen LogP contribution in [0.5, 0.6) is 0 Å². The first-order chi connectivity index (χ1) is 8.74. The number of carbonyl (C=O) groups excluding carboxylic acids is 1. The highest BCUT2D eigenvalue weighted by molar-refractivity contribution is 6.29. The van der Waals surface area contributed by atoms with Gasteiger partial charge in [0.25, 0.3) is 0 Å². The highest BCUT2D eigenvalue weighted by atomic mass is 35.5. The maximum absolute atomic E-state index is 11.8. The zero-order chi connectivity index (χ0) is 12.8. The Morgan fingerprint density at radius 3 is 2.89 bits per heavy atom. The van der Waals surface area contributed by atoms with Crippen LogP contribution in [0.15, 0.2) is 18.3 Å². The minimum atomic E-state index is 0.0534. The number of hydrogen-bond donors (Lipinski definition) is 2. The van der Waals surface area contributed by atoms with E-state index >= 15 is 0 Å². The van der Waals surface area contributed by atoms with Crippen LogP contribution in [0.2, 0.25) is 5.15 Å². The maximum Gasteiger partial charge on any atom is 0.224 e. The Balaban J connectivity index is 1.73. The van der Waals surface area contributed by atoms with Crippen molar-refractivity contribution < 1.29 is 4.79 Å². The fourth-order valence-corrected chi connectivity index (χ4v) is 2.29. The molecule has 0 bridgehead atoms. The van der Waals surface area contributed by atoms with E-state index in [1.807, 2.05) is 0 Å². The van der Waals surface area contributed by atoms with Crippen molar-refractivity contribution in [3.8, 4) is 0 Å².